The maximum atomic E-state index is 13.8. The Hall–Kier alpha value is -1.85. The van der Waals surface area contributed by atoms with Crippen LogP contribution in [0.4, 0.5) is 5.13 Å². The van der Waals surface area contributed by atoms with E-state index in [-0.39, 0.29) is 11.8 Å². The van der Waals surface area contributed by atoms with Gasteiger partial charge in [-0.25, -0.2) is 13.4 Å². The summed E-state index contributed by atoms with van der Waals surface area (Å²) in [6, 6.07) is 7.65. The van der Waals surface area contributed by atoms with E-state index in [0.717, 1.165) is 40.5 Å². The van der Waals surface area contributed by atoms with E-state index >= 15 is 0 Å². The molecule has 3 heterocycles. The third-order valence-corrected chi connectivity index (χ3v) is 11.0. The number of likely N-dealkylation sites (N-methyl/N-ethyl adjacent to an activating group) is 1. The molecule has 1 saturated heterocycles. The Bertz CT molecular complexity index is 1260. The molecule has 10 heteroatoms. The largest absolute Gasteiger partial charge is 0.302 e. The highest BCUT2D eigenvalue weighted by Gasteiger charge is 2.35. The van der Waals surface area contributed by atoms with E-state index in [9.17, 15) is 13.2 Å². The van der Waals surface area contributed by atoms with Crippen LogP contribution in [-0.2, 0) is 14.8 Å². The predicted octanol–water partition coefficient (Wildman–Crippen LogP) is 4.75. The zero-order chi connectivity index (χ0) is 25.2. The van der Waals surface area contributed by atoms with E-state index in [1.807, 2.05) is 4.90 Å². The molecule has 1 aliphatic rings. The monoisotopic (exact) mass is 534 g/mol. The van der Waals surface area contributed by atoms with Gasteiger partial charge in [-0.1, -0.05) is 37.3 Å². The molecule has 1 amide bonds. The summed E-state index contributed by atoms with van der Waals surface area (Å²) in [7, 11) is -3.48. The Kier molecular flexibility index (Phi) is 8.27. The van der Waals surface area contributed by atoms with E-state index in [1.165, 1.54) is 21.2 Å². The normalized spacial score (nSPS) is 15.8. The molecule has 1 fully saturated rings. The summed E-state index contributed by atoms with van der Waals surface area (Å²) in [5, 5.41) is 2.51. The minimum atomic E-state index is -3.48. The van der Waals surface area contributed by atoms with E-state index in [1.54, 1.807) is 28.8 Å². The van der Waals surface area contributed by atoms with Crippen LogP contribution in [-0.4, -0.2) is 67.8 Å². The van der Waals surface area contributed by atoms with Gasteiger partial charge in [0, 0.05) is 32.1 Å². The summed E-state index contributed by atoms with van der Waals surface area (Å²) >= 11 is 2.80. The number of anilines is 1. The fraction of sp³-hybridized carbons (Fsp3) is 0.520. The van der Waals surface area contributed by atoms with Gasteiger partial charge in [0.25, 0.3) is 10.0 Å². The first-order valence-electron chi connectivity index (χ1n) is 12.2. The van der Waals surface area contributed by atoms with Crippen molar-refractivity contribution in [3.63, 3.8) is 0 Å². The molecule has 0 N–H and O–H groups in total. The van der Waals surface area contributed by atoms with Crippen molar-refractivity contribution >= 4 is 54.0 Å². The molecular weight excluding hydrogens is 501 g/mol. The van der Waals surface area contributed by atoms with E-state index < -0.39 is 10.0 Å². The third kappa shape index (κ3) is 5.61. The lowest BCUT2D eigenvalue weighted by Crippen LogP contribution is -2.46. The number of fused-ring (bicyclic) bond motifs is 1. The smallest absolute Gasteiger partial charge is 0.252 e. The maximum absolute atomic E-state index is 13.8. The molecule has 0 saturated carbocycles. The van der Waals surface area contributed by atoms with Crippen LogP contribution in [0.5, 0.6) is 0 Å². The lowest BCUT2D eigenvalue weighted by atomic mass is 9.96. The fourth-order valence-corrected chi connectivity index (χ4v) is 8.44. The van der Waals surface area contributed by atoms with Crippen molar-refractivity contribution in [1.29, 1.82) is 0 Å². The number of hydrogen-bond acceptors (Lipinski definition) is 7. The summed E-state index contributed by atoms with van der Waals surface area (Å²) < 4.78 is 28.8. The van der Waals surface area contributed by atoms with Crippen molar-refractivity contribution in [3.05, 3.63) is 40.8 Å². The van der Waals surface area contributed by atoms with Gasteiger partial charge in [-0.3, -0.25) is 9.69 Å². The first-order valence-corrected chi connectivity index (χ1v) is 15.3. The highest BCUT2D eigenvalue weighted by molar-refractivity contribution is 7.91. The van der Waals surface area contributed by atoms with Gasteiger partial charge in [-0.15, -0.1) is 11.3 Å². The Morgan fingerprint density at radius 2 is 1.86 bits per heavy atom. The highest BCUT2D eigenvalue weighted by atomic mass is 32.2. The van der Waals surface area contributed by atoms with Crippen LogP contribution in [0.1, 0.15) is 37.8 Å². The van der Waals surface area contributed by atoms with Crippen molar-refractivity contribution in [2.45, 2.75) is 44.7 Å². The van der Waals surface area contributed by atoms with Gasteiger partial charge in [0.15, 0.2) is 5.13 Å². The molecule has 0 radical (unpaired) electrons. The first-order chi connectivity index (χ1) is 16.7. The van der Waals surface area contributed by atoms with Gasteiger partial charge in [0.2, 0.25) is 5.91 Å². The van der Waals surface area contributed by atoms with Gasteiger partial charge in [-0.05, 0) is 68.4 Å². The molecule has 1 aromatic carbocycles. The second-order valence-corrected chi connectivity index (χ2v) is 13.2. The molecule has 7 nitrogen and oxygen atoms in total. The summed E-state index contributed by atoms with van der Waals surface area (Å²) in [6.45, 7) is 12.3. The number of sulfonamides is 1. The van der Waals surface area contributed by atoms with Gasteiger partial charge in [-0.2, -0.15) is 4.31 Å². The average Bonchev–Trinajstić information content (AvgIpc) is 3.53. The number of nitrogens with zero attached hydrogens (tertiary/aromatic N) is 4. The van der Waals surface area contributed by atoms with Gasteiger partial charge >= 0.3 is 0 Å². The lowest BCUT2D eigenvalue weighted by molar-refractivity contribution is -0.123. The topological polar surface area (TPSA) is 73.8 Å². The number of aryl methyl sites for hydroxylation is 2. The number of amides is 1. The van der Waals surface area contributed by atoms with E-state index in [4.69, 9.17) is 4.98 Å². The van der Waals surface area contributed by atoms with Crippen molar-refractivity contribution in [3.8, 4) is 0 Å². The Morgan fingerprint density at radius 3 is 2.49 bits per heavy atom. The van der Waals surface area contributed by atoms with Crippen LogP contribution in [0.15, 0.2) is 33.9 Å². The summed E-state index contributed by atoms with van der Waals surface area (Å²) in [5.41, 5.74) is 3.25. The number of hydrogen-bond donors (Lipinski definition) is 0. The minimum absolute atomic E-state index is 0.0544. The number of carbonyl (C=O) groups is 1. The molecule has 3 aromatic rings. The van der Waals surface area contributed by atoms with Crippen LogP contribution in [0.3, 0.4) is 0 Å². The second kappa shape index (κ2) is 11.0. The SMILES string of the molecule is CCN(CC)CCN(C(=O)C1CCN(S(=O)(=O)c2cccs2)CC1)c1nc2c(C)cc(C)cc2s1. The van der Waals surface area contributed by atoms with Crippen molar-refractivity contribution in [1.82, 2.24) is 14.2 Å². The molecule has 35 heavy (non-hydrogen) atoms. The van der Waals surface area contributed by atoms with E-state index in [0.29, 0.717) is 36.7 Å². The number of benzene rings is 1. The van der Waals surface area contributed by atoms with E-state index in [2.05, 4.69) is 44.7 Å². The zero-order valence-electron chi connectivity index (χ0n) is 20.9. The zero-order valence-corrected chi connectivity index (χ0v) is 23.3. The number of thiazole rings is 1. The molecular formula is C25H34N4O3S3. The number of piperidine rings is 1. The van der Waals surface area contributed by atoms with Crippen molar-refractivity contribution < 1.29 is 13.2 Å². The van der Waals surface area contributed by atoms with Crippen LogP contribution in [0.25, 0.3) is 10.2 Å². The van der Waals surface area contributed by atoms with Gasteiger partial charge in [0.05, 0.1) is 10.2 Å². The third-order valence-electron chi connectivity index (χ3n) is 6.74. The molecule has 0 spiro atoms. The Labute approximate surface area is 216 Å². The first kappa shape index (κ1) is 26.2. The summed E-state index contributed by atoms with van der Waals surface area (Å²) in [6.07, 6.45) is 1.04. The number of rotatable bonds is 9. The highest BCUT2D eigenvalue weighted by Crippen LogP contribution is 2.34. The molecule has 1 aliphatic heterocycles. The van der Waals surface area contributed by atoms with Crippen molar-refractivity contribution in [2.75, 3.05) is 44.2 Å². The molecule has 4 rings (SSSR count). The molecule has 0 aliphatic carbocycles. The van der Waals surface area contributed by atoms with Crippen LogP contribution in [0.2, 0.25) is 0 Å². The molecule has 0 atom stereocenters. The predicted molar refractivity (Wildman–Crippen MR) is 145 cm³/mol. The van der Waals surface area contributed by atoms with Crippen LogP contribution >= 0.6 is 22.7 Å². The molecule has 190 valence electrons. The molecule has 0 bridgehead atoms. The summed E-state index contributed by atoms with van der Waals surface area (Å²) in [4.78, 5) is 22.9. The quantitative estimate of drug-likeness (QED) is 0.396. The van der Waals surface area contributed by atoms with Crippen LogP contribution < -0.4 is 4.90 Å². The maximum Gasteiger partial charge on any atom is 0.252 e. The average molecular weight is 535 g/mol. The standard InChI is InChI=1S/C25H34N4O3S3/c1-5-27(6-2)13-14-29(25-26-23-19(4)16-18(3)17-21(23)34-25)24(30)20-9-11-28(12-10-20)35(31,32)22-8-7-15-33-22/h7-8,15-17,20H,5-6,9-14H2,1-4H3. The molecule has 0 unspecified atom stereocenters. The number of thiophene rings is 1. The lowest BCUT2D eigenvalue weighted by Gasteiger charge is -2.33. The minimum Gasteiger partial charge on any atom is -0.302 e. The number of carbonyl (C=O) groups excluding carboxylic acids is 1. The second-order valence-electron chi connectivity index (χ2n) is 9.05. The Morgan fingerprint density at radius 1 is 1.14 bits per heavy atom. The van der Waals surface area contributed by atoms with Gasteiger partial charge < -0.3 is 4.90 Å². The number of aromatic nitrogens is 1. The summed E-state index contributed by atoms with van der Waals surface area (Å²) in [5.74, 6) is -0.157. The van der Waals surface area contributed by atoms with Crippen molar-refractivity contribution in [2.24, 2.45) is 5.92 Å². The van der Waals surface area contributed by atoms with Crippen LogP contribution in [0, 0.1) is 19.8 Å². The Balaban J connectivity index is 1.55. The molecule has 2 aromatic heterocycles. The fourth-order valence-electron chi connectivity index (χ4n) is 4.66. The van der Waals surface area contributed by atoms with Gasteiger partial charge in [0.1, 0.15) is 4.21 Å².